The van der Waals surface area contributed by atoms with Crippen molar-refractivity contribution in [2.24, 2.45) is 236 Å². The third-order valence-electron chi connectivity index (χ3n) is 41.8. The quantitative estimate of drug-likeness (QED) is 0.0859. The van der Waals surface area contributed by atoms with Crippen molar-refractivity contribution in [2.75, 3.05) is 13.2 Å². The predicted octanol–water partition coefficient (Wildman–Crippen LogP) is 24.3. The number of rotatable bonds is 15. The van der Waals surface area contributed by atoms with Crippen LogP contribution in [0, 0.1) is 236 Å². The van der Waals surface area contributed by atoms with Gasteiger partial charge in [-0.3, -0.25) is 28.8 Å². The number of carbonyl (C=O) groups excluding carboxylic acids is 6. The van der Waals surface area contributed by atoms with Crippen LogP contribution >= 0.6 is 0 Å². The fourth-order valence-electron chi connectivity index (χ4n) is 33.4. The molecule has 1 saturated heterocycles. The van der Waals surface area contributed by atoms with E-state index in [4.69, 9.17) is 37.9 Å². The van der Waals surface area contributed by atoms with Crippen molar-refractivity contribution >= 4 is 35.8 Å². The fourth-order valence-corrected chi connectivity index (χ4v) is 33.4. The minimum absolute atomic E-state index is 0.00755. The molecule has 0 radical (unpaired) electrons. The molecular weight excluding hydrogens is 1510 g/mol. The van der Waals surface area contributed by atoms with E-state index in [0.717, 1.165) is 171 Å². The van der Waals surface area contributed by atoms with Crippen LogP contribution in [0.2, 0.25) is 0 Å². The molecule has 32 atom stereocenters. The molecule has 22 fully saturated rings. The molecule has 1 aliphatic heterocycles. The second-order valence-electron chi connectivity index (χ2n) is 49.6. The van der Waals surface area contributed by atoms with E-state index in [0.29, 0.717) is 95.4 Å². The number of hydrogen-bond donors (Lipinski definition) is 0. The first kappa shape index (κ1) is 92.5. The zero-order valence-corrected chi connectivity index (χ0v) is 80.5. The number of ether oxygens (including phenoxy) is 8. The molecule has 0 N–H and O–H groups in total. The molecule has 686 valence electrons. The van der Waals surface area contributed by atoms with E-state index < -0.39 is 6.29 Å². The Bertz CT molecular complexity index is 3510. The van der Waals surface area contributed by atoms with Crippen LogP contribution in [0.1, 0.15) is 352 Å². The molecule has 32 unspecified atom stereocenters. The number of esters is 6. The Kier molecular flexibility index (Phi) is 27.7. The maximum Gasteiger partial charge on any atom is 0.311 e. The summed E-state index contributed by atoms with van der Waals surface area (Å²) in [7, 11) is 0. The molecule has 22 rings (SSSR count). The number of fused-ring (bicyclic) bond motifs is 12. The summed E-state index contributed by atoms with van der Waals surface area (Å²) in [4.78, 5) is 75.4. The van der Waals surface area contributed by atoms with Gasteiger partial charge in [-0.05, 0) is 438 Å². The summed E-state index contributed by atoms with van der Waals surface area (Å²) >= 11 is 0. The minimum atomic E-state index is -0.403. The zero-order valence-electron chi connectivity index (χ0n) is 80.5. The van der Waals surface area contributed by atoms with Gasteiger partial charge in [0.25, 0.3) is 0 Å². The Morgan fingerprint density at radius 1 is 0.372 bits per heavy atom. The first-order valence-electron chi connectivity index (χ1n) is 51.6. The molecule has 1 heterocycles. The summed E-state index contributed by atoms with van der Waals surface area (Å²) in [6.45, 7) is 52.3. The molecular formula is C107H174O14. The number of carbonyl (C=O) groups is 6. The van der Waals surface area contributed by atoms with Crippen molar-refractivity contribution in [3.8, 4) is 0 Å². The lowest BCUT2D eigenvalue weighted by atomic mass is 9.46. The Balaban J connectivity index is 0.000000114. The normalized spacial score (nSPS) is 49.0. The molecule has 0 amide bonds. The Morgan fingerprint density at radius 3 is 1.05 bits per heavy atom. The van der Waals surface area contributed by atoms with Crippen molar-refractivity contribution in [1.29, 1.82) is 0 Å². The summed E-state index contributed by atoms with van der Waals surface area (Å²) in [5.41, 5.74) is -0.770. The molecule has 22 aliphatic rings. The molecule has 21 aliphatic carbocycles. The zero-order chi connectivity index (χ0) is 86.9. The maximum absolute atomic E-state index is 13.2. The van der Waals surface area contributed by atoms with Crippen LogP contribution in [0.4, 0.5) is 0 Å². The Hall–Kier alpha value is -3.26. The van der Waals surface area contributed by atoms with E-state index >= 15 is 0 Å². The van der Waals surface area contributed by atoms with Crippen molar-refractivity contribution in [1.82, 2.24) is 0 Å². The third-order valence-corrected chi connectivity index (χ3v) is 41.8. The van der Waals surface area contributed by atoms with Gasteiger partial charge in [0.2, 0.25) is 6.29 Å². The second-order valence-corrected chi connectivity index (χ2v) is 49.6. The molecule has 0 aromatic heterocycles. The lowest BCUT2D eigenvalue weighted by molar-refractivity contribution is -0.209. The van der Waals surface area contributed by atoms with Gasteiger partial charge in [-0.1, -0.05) is 103 Å². The summed E-state index contributed by atoms with van der Waals surface area (Å²) < 4.78 is 46.1. The molecule has 21 saturated carbocycles. The lowest BCUT2D eigenvalue weighted by Gasteiger charge is -2.61. The van der Waals surface area contributed by atoms with E-state index in [-0.39, 0.29) is 105 Å². The largest absolute Gasteiger partial charge is 0.460 e. The first-order valence-corrected chi connectivity index (χ1v) is 51.6. The van der Waals surface area contributed by atoms with E-state index in [1.165, 1.54) is 135 Å². The highest BCUT2D eigenvalue weighted by Gasteiger charge is 2.64. The second kappa shape index (κ2) is 36.2. The Labute approximate surface area is 734 Å². The van der Waals surface area contributed by atoms with Crippen LogP contribution in [-0.4, -0.2) is 84.0 Å². The smallest absolute Gasteiger partial charge is 0.311 e. The van der Waals surface area contributed by atoms with Crippen LogP contribution in [-0.2, 0) is 66.7 Å². The standard InChI is InChI=1S/C23H36O2.C21H32O2.C20H34O2.C15H24O3.C14H24O3.C14H24O2/c1-13-14(2)19-8-18(13)9-20(19)21(24)25-22(3,4)23-10-15-5-16(11-23)7-17(6-15)12-23;1-11-12(2)18-9-15(11)10-19(18)20(22)23-21(3)16-5-13-4-14(7-16)8-17(21)6-13;1-12-6-8-16(9-7-12)20(4,5)22-19(21)18-11-15-10-17(18)14(3)13(15)2;1-9-10(2)12-7-11(9)8-13(12)15(16)18-14-5-3-4-6-17-14;1-5-16-10(4)17-14(15)13-7-11-6-12(13)9(3)8(11)2;1-8-9(2)11-6-10(8)7-12(11)13(15)16-14(3,4)5/h13-20H,5-12H2,1-4H3;11-19H,4-10H2,1-3H3;12-18H,6-11H2,1-5H3;9-14H,3-8H2,1-2H3;8-13H,5-7H2,1-4H3;8-12H,6-7H2,1-5H3. The van der Waals surface area contributed by atoms with Gasteiger partial charge in [-0.2, -0.15) is 0 Å². The van der Waals surface area contributed by atoms with Crippen LogP contribution in [0.25, 0.3) is 0 Å². The van der Waals surface area contributed by atoms with Crippen LogP contribution in [0.15, 0.2) is 0 Å². The monoisotopic (exact) mass is 1680 g/mol. The van der Waals surface area contributed by atoms with Crippen LogP contribution in [0.3, 0.4) is 0 Å². The summed E-state index contributed by atoms with van der Waals surface area (Å²) in [6, 6.07) is 0. The topological polar surface area (TPSA) is 176 Å². The highest BCUT2D eigenvalue weighted by atomic mass is 16.7. The molecule has 14 nitrogen and oxygen atoms in total. The van der Waals surface area contributed by atoms with Gasteiger partial charge in [-0.25, -0.2) is 0 Å². The molecule has 0 aromatic carbocycles. The summed E-state index contributed by atoms with van der Waals surface area (Å²) in [5, 5.41) is 0. The molecule has 20 bridgehead atoms. The average molecular weight is 1680 g/mol. The van der Waals surface area contributed by atoms with Gasteiger partial charge < -0.3 is 37.9 Å². The SMILES string of the molecule is CC1C2CC(C(=O)OC(C)(C)C)C(C2)C1C.CC1C2CC(C(=O)OC(C)(C)C34CC5CC(CC(C5)C3)C4)C(C2)C1C.CC1C2CC(C(=O)OC3(C)C4CC5CC(C4)CC3C5)C(C2)C1C.CC1C2CC(C(=O)OC3CCCCO3)C(C2)C1C.CC1CCC(C(C)(C)OC(=O)C2CC3CC2C(C)C3C)CC1.CCOC(C)OC(=O)C1CC2CC1C(C)C2C. The van der Waals surface area contributed by atoms with Gasteiger partial charge >= 0.3 is 35.8 Å². The predicted molar refractivity (Wildman–Crippen MR) is 475 cm³/mol. The number of hydrogen-bond acceptors (Lipinski definition) is 14. The first-order chi connectivity index (χ1) is 57.0. The van der Waals surface area contributed by atoms with Gasteiger partial charge in [0.05, 0.1) is 42.1 Å². The molecule has 0 aromatic rings. The highest BCUT2D eigenvalue weighted by Crippen LogP contribution is 2.67. The van der Waals surface area contributed by atoms with Crippen molar-refractivity contribution in [3.05, 3.63) is 0 Å². The molecule has 0 spiro atoms. The highest BCUT2D eigenvalue weighted by molar-refractivity contribution is 5.77. The van der Waals surface area contributed by atoms with Gasteiger partial charge in [0.1, 0.15) is 22.4 Å². The lowest BCUT2D eigenvalue weighted by Crippen LogP contribution is -2.58. The van der Waals surface area contributed by atoms with E-state index in [1.54, 1.807) is 6.92 Å². The maximum atomic E-state index is 13.2. The van der Waals surface area contributed by atoms with Crippen LogP contribution < -0.4 is 0 Å². The van der Waals surface area contributed by atoms with E-state index in [1.807, 2.05) is 27.7 Å². The van der Waals surface area contributed by atoms with Crippen molar-refractivity contribution in [2.45, 2.75) is 387 Å². The minimum Gasteiger partial charge on any atom is -0.460 e. The van der Waals surface area contributed by atoms with Gasteiger partial charge in [-0.15, -0.1) is 0 Å². The third kappa shape index (κ3) is 18.6. The van der Waals surface area contributed by atoms with Crippen LogP contribution in [0.5, 0.6) is 0 Å². The molecule has 14 heteroatoms. The van der Waals surface area contributed by atoms with Crippen molar-refractivity contribution < 1.29 is 66.7 Å². The fraction of sp³-hybridized carbons (Fsp3) is 0.944. The summed E-state index contributed by atoms with van der Waals surface area (Å²) in [5.74, 6) is 25.6. The van der Waals surface area contributed by atoms with Gasteiger partial charge in [0, 0.05) is 18.4 Å². The van der Waals surface area contributed by atoms with E-state index in [2.05, 4.69) is 125 Å². The Morgan fingerprint density at radius 2 is 0.711 bits per heavy atom. The average Bonchev–Trinajstić information content (AvgIpc) is 1.53. The van der Waals surface area contributed by atoms with E-state index in [9.17, 15) is 28.8 Å². The van der Waals surface area contributed by atoms with Crippen molar-refractivity contribution in [3.63, 3.8) is 0 Å². The molecule has 121 heavy (non-hydrogen) atoms. The van der Waals surface area contributed by atoms with Gasteiger partial charge in [0.15, 0.2) is 6.29 Å². The summed E-state index contributed by atoms with van der Waals surface area (Å²) in [6.07, 6.45) is 36.3.